The van der Waals surface area contributed by atoms with Gasteiger partial charge in [0, 0.05) is 21.5 Å². The summed E-state index contributed by atoms with van der Waals surface area (Å²) in [5, 5.41) is 4.28. The van der Waals surface area contributed by atoms with Crippen LogP contribution >= 0.6 is 22.7 Å². The topological polar surface area (TPSA) is 12.9 Å². The molecule has 0 radical (unpaired) electrons. The highest BCUT2D eigenvalue weighted by molar-refractivity contribution is 7.14. The molecule has 0 saturated heterocycles. The Morgan fingerprint density at radius 3 is 1.50 bits per heavy atom. The quantitative estimate of drug-likeness (QED) is 0.244. The summed E-state index contributed by atoms with van der Waals surface area (Å²) in [6.45, 7) is 0. The minimum atomic E-state index is 0.991. The van der Waals surface area contributed by atoms with Crippen LogP contribution in [0.4, 0.5) is 0 Å². The van der Waals surface area contributed by atoms with Crippen LogP contribution in [0.2, 0.25) is 0 Å². The maximum atomic E-state index is 4.52. The molecule has 0 aliphatic heterocycles. The van der Waals surface area contributed by atoms with E-state index in [4.69, 9.17) is 0 Å². The highest BCUT2D eigenvalue weighted by Crippen LogP contribution is 2.37. The first-order chi connectivity index (χ1) is 16.8. The summed E-state index contributed by atoms with van der Waals surface area (Å²) >= 11 is 3.57. The fourth-order valence-electron chi connectivity index (χ4n) is 4.23. The average Bonchev–Trinajstić information content (AvgIpc) is 3.64. The first-order valence-electron chi connectivity index (χ1n) is 11.2. The van der Waals surface area contributed by atoms with E-state index in [2.05, 4.69) is 113 Å². The molecule has 1 nitrogen and oxygen atoms in total. The van der Waals surface area contributed by atoms with Crippen LogP contribution in [0.15, 0.2) is 126 Å². The summed E-state index contributed by atoms with van der Waals surface area (Å²) in [7, 11) is 0. The summed E-state index contributed by atoms with van der Waals surface area (Å²) in [5.74, 6) is 0. The molecule has 3 aromatic heterocycles. The molecule has 0 amide bonds. The van der Waals surface area contributed by atoms with Crippen molar-refractivity contribution in [1.82, 2.24) is 4.98 Å². The van der Waals surface area contributed by atoms with E-state index >= 15 is 0 Å². The molecule has 3 aromatic carbocycles. The predicted octanol–water partition coefficient (Wildman–Crippen LogP) is 9.54. The van der Waals surface area contributed by atoms with Gasteiger partial charge in [0.1, 0.15) is 0 Å². The van der Waals surface area contributed by atoms with Gasteiger partial charge in [-0.25, -0.2) is 0 Å². The van der Waals surface area contributed by atoms with Crippen LogP contribution in [0.25, 0.3) is 54.4 Å². The standard InChI is InChI=1S/C31H21NS2/c1-2-14-32-29(11-1)25-10-4-8-23(18-25)22-7-3-9-24(17-22)26-19-27(30-12-5-15-33-30)21-28(20-26)31-13-6-16-34-31/h1-21H. The zero-order chi connectivity index (χ0) is 22.7. The van der Waals surface area contributed by atoms with Crippen molar-refractivity contribution in [3.05, 3.63) is 126 Å². The molecular weight excluding hydrogens is 450 g/mol. The van der Waals surface area contributed by atoms with E-state index in [0.717, 1.165) is 11.3 Å². The van der Waals surface area contributed by atoms with Crippen LogP contribution in [-0.4, -0.2) is 4.98 Å². The molecule has 0 spiro atoms. The third kappa shape index (κ3) is 4.24. The molecule has 0 saturated carbocycles. The SMILES string of the molecule is c1ccc(-c2cccc(-c3cccc(-c4cc(-c5cccs5)cc(-c5cccs5)c4)c3)c2)nc1. The molecule has 0 bridgehead atoms. The number of hydrogen-bond donors (Lipinski definition) is 0. The van der Waals surface area contributed by atoms with Gasteiger partial charge in [-0.3, -0.25) is 4.98 Å². The van der Waals surface area contributed by atoms with Crippen LogP contribution < -0.4 is 0 Å². The lowest BCUT2D eigenvalue weighted by molar-refractivity contribution is 1.33. The molecule has 0 atom stereocenters. The Kier molecular flexibility index (Phi) is 5.64. The second-order valence-corrected chi connectivity index (χ2v) is 10.0. The molecule has 6 aromatic rings. The number of aromatic nitrogens is 1. The Bertz CT molecular complexity index is 1480. The molecule has 3 heterocycles. The summed E-state index contributed by atoms with van der Waals surface area (Å²) < 4.78 is 0. The molecule has 0 N–H and O–H groups in total. The Balaban J connectivity index is 1.44. The van der Waals surface area contributed by atoms with Gasteiger partial charge in [-0.05, 0) is 98.7 Å². The first-order valence-corrected chi connectivity index (χ1v) is 12.9. The Hall–Kier alpha value is -3.79. The maximum absolute atomic E-state index is 4.52. The van der Waals surface area contributed by atoms with E-state index < -0.39 is 0 Å². The van der Waals surface area contributed by atoms with Crippen LogP contribution in [-0.2, 0) is 0 Å². The molecule has 0 aliphatic carbocycles. The van der Waals surface area contributed by atoms with Crippen molar-refractivity contribution >= 4 is 22.7 Å². The molecular formula is C31H21NS2. The molecule has 0 unspecified atom stereocenters. The Morgan fingerprint density at radius 1 is 0.412 bits per heavy atom. The smallest absolute Gasteiger partial charge is 0.0702 e. The number of nitrogens with zero attached hydrogens (tertiary/aromatic N) is 1. The zero-order valence-electron chi connectivity index (χ0n) is 18.4. The fraction of sp³-hybridized carbons (Fsp3) is 0. The van der Waals surface area contributed by atoms with E-state index in [1.54, 1.807) is 22.7 Å². The van der Waals surface area contributed by atoms with Crippen LogP contribution in [0.1, 0.15) is 0 Å². The number of rotatable bonds is 5. The largest absolute Gasteiger partial charge is 0.256 e. The molecule has 3 heteroatoms. The number of hydrogen-bond acceptors (Lipinski definition) is 3. The van der Waals surface area contributed by atoms with Gasteiger partial charge < -0.3 is 0 Å². The Morgan fingerprint density at radius 2 is 0.941 bits per heavy atom. The lowest BCUT2D eigenvalue weighted by Gasteiger charge is -2.11. The highest BCUT2D eigenvalue weighted by Gasteiger charge is 2.10. The predicted molar refractivity (Wildman–Crippen MR) is 147 cm³/mol. The van der Waals surface area contributed by atoms with Crippen LogP contribution in [0.3, 0.4) is 0 Å². The fourth-order valence-corrected chi connectivity index (χ4v) is 5.66. The van der Waals surface area contributed by atoms with Gasteiger partial charge in [0.05, 0.1) is 5.69 Å². The van der Waals surface area contributed by atoms with Gasteiger partial charge >= 0.3 is 0 Å². The average molecular weight is 472 g/mol. The van der Waals surface area contributed by atoms with E-state index in [1.807, 2.05) is 18.3 Å². The monoisotopic (exact) mass is 471 g/mol. The third-order valence-corrected chi connectivity index (χ3v) is 7.73. The van der Waals surface area contributed by atoms with Crippen molar-refractivity contribution in [2.24, 2.45) is 0 Å². The van der Waals surface area contributed by atoms with Gasteiger partial charge in [0.15, 0.2) is 0 Å². The summed E-state index contributed by atoms with van der Waals surface area (Å²) in [5.41, 5.74) is 9.49. The van der Waals surface area contributed by atoms with E-state index in [9.17, 15) is 0 Å². The van der Waals surface area contributed by atoms with Gasteiger partial charge in [0.25, 0.3) is 0 Å². The molecule has 162 valence electrons. The van der Waals surface area contributed by atoms with Crippen molar-refractivity contribution in [3.8, 4) is 54.4 Å². The summed E-state index contributed by atoms with van der Waals surface area (Å²) in [6.07, 6.45) is 1.84. The lowest BCUT2D eigenvalue weighted by atomic mass is 9.95. The summed E-state index contributed by atoms with van der Waals surface area (Å²) in [4.78, 5) is 7.10. The number of benzene rings is 3. The van der Waals surface area contributed by atoms with Gasteiger partial charge in [-0.2, -0.15) is 0 Å². The lowest BCUT2D eigenvalue weighted by Crippen LogP contribution is -1.86. The number of thiophene rings is 2. The highest BCUT2D eigenvalue weighted by atomic mass is 32.1. The molecule has 6 rings (SSSR count). The third-order valence-electron chi connectivity index (χ3n) is 5.90. The molecule has 34 heavy (non-hydrogen) atoms. The second-order valence-electron chi connectivity index (χ2n) is 8.13. The first kappa shape index (κ1) is 20.8. The second kappa shape index (κ2) is 9.22. The van der Waals surface area contributed by atoms with Gasteiger partial charge in [0.2, 0.25) is 0 Å². The van der Waals surface area contributed by atoms with Gasteiger partial charge in [-0.15, -0.1) is 22.7 Å². The van der Waals surface area contributed by atoms with Crippen LogP contribution in [0, 0.1) is 0 Å². The molecule has 0 fully saturated rings. The van der Waals surface area contributed by atoms with E-state index in [-0.39, 0.29) is 0 Å². The van der Waals surface area contributed by atoms with Crippen molar-refractivity contribution in [3.63, 3.8) is 0 Å². The van der Waals surface area contributed by atoms with E-state index in [1.165, 1.54) is 43.1 Å². The van der Waals surface area contributed by atoms with Crippen molar-refractivity contribution in [2.75, 3.05) is 0 Å². The zero-order valence-corrected chi connectivity index (χ0v) is 20.0. The summed E-state index contributed by atoms with van der Waals surface area (Å²) in [6, 6.07) is 39.1. The van der Waals surface area contributed by atoms with Crippen molar-refractivity contribution in [1.29, 1.82) is 0 Å². The van der Waals surface area contributed by atoms with Crippen molar-refractivity contribution < 1.29 is 0 Å². The van der Waals surface area contributed by atoms with Crippen LogP contribution in [0.5, 0.6) is 0 Å². The maximum Gasteiger partial charge on any atom is 0.0702 e. The minimum Gasteiger partial charge on any atom is -0.256 e. The van der Waals surface area contributed by atoms with Gasteiger partial charge in [-0.1, -0.05) is 54.6 Å². The van der Waals surface area contributed by atoms with E-state index in [0.29, 0.717) is 0 Å². The van der Waals surface area contributed by atoms with Crippen molar-refractivity contribution in [2.45, 2.75) is 0 Å². The minimum absolute atomic E-state index is 0.991. The normalized spacial score (nSPS) is 10.9. The Labute approximate surface area is 207 Å². The molecule has 0 aliphatic rings. The number of pyridine rings is 1.